The molecule has 0 unspecified atom stereocenters. The predicted molar refractivity (Wildman–Crippen MR) is 91.4 cm³/mol. The second kappa shape index (κ2) is 9.36. The van der Waals surface area contributed by atoms with Gasteiger partial charge in [0, 0.05) is 10.9 Å². The van der Waals surface area contributed by atoms with E-state index in [1.54, 1.807) is 6.07 Å². The zero-order valence-electron chi connectivity index (χ0n) is 13.4. The summed E-state index contributed by atoms with van der Waals surface area (Å²) in [5.41, 5.74) is -0.0167. The van der Waals surface area contributed by atoms with E-state index in [0.29, 0.717) is 10.9 Å². The van der Waals surface area contributed by atoms with E-state index >= 15 is 0 Å². The van der Waals surface area contributed by atoms with Crippen LogP contribution in [0.2, 0.25) is 0 Å². The lowest BCUT2D eigenvalue weighted by atomic mass is 9.98. The van der Waals surface area contributed by atoms with Crippen LogP contribution in [-0.4, -0.2) is 28.9 Å². The average Bonchev–Trinajstić information content (AvgIpc) is 2.46. The summed E-state index contributed by atoms with van der Waals surface area (Å²) in [6, 6.07) is 2.64. The number of carboxylic acids is 1. The molecule has 0 aliphatic carbocycles. The van der Waals surface area contributed by atoms with Gasteiger partial charge in [-0.05, 0) is 30.5 Å². The minimum atomic E-state index is -1.08. The van der Waals surface area contributed by atoms with Crippen LogP contribution in [0.25, 0.3) is 0 Å². The van der Waals surface area contributed by atoms with Crippen LogP contribution >= 0.6 is 15.9 Å². The van der Waals surface area contributed by atoms with Crippen LogP contribution < -0.4 is 10.6 Å². The van der Waals surface area contributed by atoms with Crippen LogP contribution in [0.5, 0.6) is 0 Å². The SMILES string of the molecule is CC(C)C[C@@H](NC(=O)Nc1ccc(Br)cc1F)C(=O)CCC(=O)O. The number of aliphatic carboxylic acids is 1. The number of carbonyl (C=O) groups excluding carboxylic acids is 2. The van der Waals surface area contributed by atoms with Gasteiger partial charge < -0.3 is 15.7 Å². The Balaban J connectivity index is 2.72. The number of amides is 2. The first-order valence-corrected chi connectivity index (χ1v) is 8.25. The van der Waals surface area contributed by atoms with Gasteiger partial charge in [0.2, 0.25) is 0 Å². The maximum absolute atomic E-state index is 13.7. The molecule has 0 spiro atoms. The Hall–Kier alpha value is -1.96. The molecule has 1 rings (SSSR count). The molecule has 8 heteroatoms. The molecule has 0 saturated carbocycles. The Morgan fingerprint density at radius 3 is 2.46 bits per heavy atom. The number of ketones is 1. The van der Waals surface area contributed by atoms with E-state index in [9.17, 15) is 18.8 Å². The summed E-state index contributed by atoms with van der Waals surface area (Å²) < 4.78 is 14.3. The number of Topliss-reactive ketones (excluding diaryl/α,β-unsaturated/α-hetero) is 1. The molecule has 132 valence electrons. The number of hydrogen-bond acceptors (Lipinski definition) is 3. The molecule has 3 N–H and O–H groups in total. The lowest BCUT2D eigenvalue weighted by molar-refractivity contribution is -0.138. The van der Waals surface area contributed by atoms with Gasteiger partial charge in [-0.15, -0.1) is 0 Å². The third-order valence-corrected chi connectivity index (χ3v) is 3.66. The maximum Gasteiger partial charge on any atom is 0.319 e. The lowest BCUT2D eigenvalue weighted by Crippen LogP contribution is -2.44. The Kier molecular flexibility index (Phi) is 7.84. The quantitative estimate of drug-likeness (QED) is 0.619. The summed E-state index contributed by atoms with van der Waals surface area (Å²) in [4.78, 5) is 34.7. The third kappa shape index (κ3) is 7.08. The van der Waals surface area contributed by atoms with Gasteiger partial charge in [0.1, 0.15) is 5.82 Å². The van der Waals surface area contributed by atoms with Gasteiger partial charge in [-0.3, -0.25) is 9.59 Å². The first kappa shape index (κ1) is 20.1. The zero-order chi connectivity index (χ0) is 18.3. The van der Waals surface area contributed by atoms with Gasteiger partial charge in [0.15, 0.2) is 5.78 Å². The summed E-state index contributed by atoms with van der Waals surface area (Å²) in [5.74, 6) is -1.93. The number of rotatable bonds is 8. The standard InChI is InChI=1S/C16H20BrFN2O4/c1-9(2)7-13(14(21)5-6-15(22)23)20-16(24)19-12-4-3-10(17)8-11(12)18/h3-4,8-9,13H,5-7H2,1-2H3,(H,22,23)(H2,19,20,24)/t13-/m1/s1. The number of halogens is 2. The molecule has 6 nitrogen and oxygen atoms in total. The molecule has 0 saturated heterocycles. The van der Waals surface area contributed by atoms with Crippen LogP contribution in [0, 0.1) is 11.7 Å². The topological polar surface area (TPSA) is 95.5 Å². The Morgan fingerprint density at radius 2 is 1.92 bits per heavy atom. The van der Waals surface area contributed by atoms with E-state index < -0.39 is 23.9 Å². The summed E-state index contributed by atoms with van der Waals surface area (Å²) in [7, 11) is 0. The molecule has 0 fully saturated rings. The minimum absolute atomic E-state index is 0.0167. The number of benzene rings is 1. The van der Waals surface area contributed by atoms with Crippen molar-refractivity contribution in [1.82, 2.24) is 5.32 Å². The van der Waals surface area contributed by atoms with Gasteiger partial charge in [-0.25, -0.2) is 9.18 Å². The number of hydrogen-bond donors (Lipinski definition) is 3. The van der Waals surface area contributed by atoms with Gasteiger partial charge in [0.05, 0.1) is 18.2 Å². The maximum atomic E-state index is 13.7. The van der Waals surface area contributed by atoms with E-state index in [1.165, 1.54) is 12.1 Å². The molecular formula is C16H20BrFN2O4. The molecule has 1 atom stereocenters. The van der Waals surface area contributed by atoms with Crippen molar-refractivity contribution in [3.05, 3.63) is 28.5 Å². The molecular weight excluding hydrogens is 383 g/mol. The highest BCUT2D eigenvalue weighted by atomic mass is 79.9. The highest BCUT2D eigenvalue weighted by molar-refractivity contribution is 9.10. The fraction of sp³-hybridized carbons (Fsp3) is 0.438. The molecule has 0 radical (unpaired) electrons. The molecule has 0 aliphatic rings. The molecule has 0 heterocycles. The monoisotopic (exact) mass is 402 g/mol. The van der Waals surface area contributed by atoms with Crippen molar-refractivity contribution in [2.75, 3.05) is 5.32 Å². The fourth-order valence-corrected chi connectivity index (χ4v) is 2.39. The highest BCUT2D eigenvalue weighted by Gasteiger charge is 2.22. The molecule has 24 heavy (non-hydrogen) atoms. The van der Waals surface area contributed by atoms with Crippen molar-refractivity contribution < 1.29 is 23.9 Å². The Labute approximate surface area is 147 Å². The smallest absolute Gasteiger partial charge is 0.319 e. The summed E-state index contributed by atoms with van der Waals surface area (Å²) in [6.45, 7) is 3.76. The lowest BCUT2D eigenvalue weighted by Gasteiger charge is -2.20. The van der Waals surface area contributed by atoms with E-state index in [2.05, 4.69) is 26.6 Å². The number of carbonyl (C=O) groups is 3. The van der Waals surface area contributed by atoms with Crippen LogP contribution in [0.4, 0.5) is 14.9 Å². The zero-order valence-corrected chi connectivity index (χ0v) is 15.0. The van der Waals surface area contributed by atoms with Gasteiger partial charge in [-0.1, -0.05) is 29.8 Å². The first-order valence-electron chi connectivity index (χ1n) is 7.46. The van der Waals surface area contributed by atoms with Crippen molar-refractivity contribution in [3.63, 3.8) is 0 Å². The van der Waals surface area contributed by atoms with E-state index in [1.807, 2.05) is 13.8 Å². The van der Waals surface area contributed by atoms with Crippen molar-refractivity contribution in [1.29, 1.82) is 0 Å². The molecule has 1 aromatic carbocycles. The molecule has 0 aliphatic heterocycles. The van der Waals surface area contributed by atoms with Gasteiger partial charge in [0.25, 0.3) is 0 Å². The second-order valence-electron chi connectivity index (χ2n) is 5.76. The predicted octanol–water partition coefficient (Wildman–Crippen LogP) is 3.56. The summed E-state index contributed by atoms with van der Waals surface area (Å²) in [6.07, 6.45) is -0.0909. The number of urea groups is 1. The van der Waals surface area contributed by atoms with Crippen LogP contribution in [0.15, 0.2) is 22.7 Å². The average molecular weight is 403 g/mol. The van der Waals surface area contributed by atoms with Crippen molar-refractivity contribution in [3.8, 4) is 0 Å². The molecule has 1 aromatic rings. The number of anilines is 1. The minimum Gasteiger partial charge on any atom is -0.481 e. The van der Waals surface area contributed by atoms with Crippen LogP contribution in [0.3, 0.4) is 0 Å². The normalized spacial score (nSPS) is 11.9. The van der Waals surface area contributed by atoms with Crippen molar-refractivity contribution in [2.45, 2.75) is 39.2 Å². The van der Waals surface area contributed by atoms with Crippen LogP contribution in [-0.2, 0) is 9.59 Å². The number of nitrogens with one attached hydrogen (secondary N) is 2. The summed E-state index contributed by atoms with van der Waals surface area (Å²) >= 11 is 3.12. The van der Waals surface area contributed by atoms with Gasteiger partial charge >= 0.3 is 12.0 Å². The van der Waals surface area contributed by atoms with E-state index in [0.717, 1.165) is 0 Å². The Bertz CT molecular complexity index is 622. The third-order valence-electron chi connectivity index (χ3n) is 3.17. The molecule has 2 amide bonds. The van der Waals surface area contributed by atoms with Gasteiger partial charge in [-0.2, -0.15) is 0 Å². The summed E-state index contributed by atoms with van der Waals surface area (Å²) in [5, 5.41) is 13.5. The fourth-order valence-electron chi connectivity index (χ4n) is 2.05. The van der Waals surface area contributed by atoms with Crippen molar-refractivity contribution >= 4 is 39.4 Å². The largest absolute Gasteiger partial charge is 0.481 e. The van der Waals surface area contributed by atoms with Crippen molar-refractivity contribution in [2.24, 2.45) is 5.92 Å². The first-order chi connectivity index (χ1) is 11.2. The molecule has 0 aromatic heterocycles. The molecule has 0 bridgehead atoms. The van der Waals surface area contributed by atoms with E-state index in [4.69, 9.17) is 5.11 Å². The van der Waals surface area contributed by atoms with E-state index in [-0.39, 0.29) is 30.2 Å². The highest BCUT2D eigenvalue weighted by Crippen LogP contribution is 2.19. The Morgan fingerprint density at radius 1 is 1.25 bits per heavy atom. The number of carboxylic acid groups (broad SMARTS) is 1. The van der Waals surface area contributed by atoms with Crippen LogP contribution in [0.1, 0.15) is 33.1 Å². The second-order valence-corrected chi connectivity index (χ2v) is 6.68.